The van der Waals surface area contributed by atoms with Crippen molar-refractivity contribution in [2.75, 3.05) is 4.31 Å². The van der Waals surface area contributed by atoms with E-state index < -0.39 is 20.9 Å². The van der Waals surface area contributed by atoms with Gasteiger partial charge in [0.25, 0.3) is 15.9 Å². The minimum absolute atomic E-state index is 0.0751. The monoisotopic (exact) mass is 518 g/mol. The number of aryl methyl sites for hydroxylation is 2. The first-order valence-corrected chi connectivity index (χ1v) is 13.7. The molecule has 0 fully saturated rings. The molecule has 2 heterocycles. The Hall–Kier alpha value is -3.82. The van der Waals surface area contributed by atoms with E-state index in [0.29, 0.717) is 39.5 Å². The molecule has 5 rings (SSSR count). The number of carbonyl (C=O) groups is 1. The van der Waals surface area contributed by atoms with Gasteiger partial charge in [0, 0.05) is 23.2 Å². The summed E-state index contributed by atoms with van der Waals surface area (Å²) < 4.78 is 35.5. The van der Waals surface area contributed by atoms with Crippen molar-refractivity contribution in [2.45, 2.75) is 31.6 Å². The van der Waals surface area contributed by atoms with Crippen molar-refractivity contribution in [2.24, 2.45) is 0 Å². The number of fused-ring (bicyclic) bond motifs is 3. The lowest BCUT2D eigenvalue weighted by molar-refractivity contribution is 0.100. The number of sulfonamides is 1. The van der Waals surface area contributed by atoms with Gasteiger partial charge in [0.1, 0.15) is 0 Å². The average Bonchev–Trinajstić information content (AvgIpc) is 3.29. The van der Waals surface area contributed by atoms with Gasteiger partial charge in [0.2, 0.25) is 0 Å². The predicted molar refractivity (Wildman–Crippen MR) is 141 cm³/mol. The third-order valence-electron chi connectivity index (χ3n) is 6.07. The van der Waals surface area contributed by atoms with Gasteiger partial charge in [-0.05, 0) is 48.2 Å². The van der Waals surface area contributed by atoms with E-state index in [2.05, 4.69) is 4.98 Å². The van der Waals surface area contributed by atoms with E-state index in [0.717, 1.165) is 21.2 Å². The van der Waals surface area contributed by atoms with Crippen molar-refractivity contribution in [1.82, 2.24) is 4.98 Å². The molecule has 0 aliphatic carbocycles. The second-order valence-corrected chi connectivity index (χ2v) is 10.9. The predicted octanol–water partition coefficient (Wildman–Crippen LogP) is 5.56. The molecule has 5 aromatic rings. The maximum atomic E-state index is 14.4. The molecular weight excluding hydrogens is 496 g/mol. The molecule has 0 aliphatic heterocycles. The SMILES string of the molecule is CCc1ccc(CC)c(S(=O)(=O)N(C(=O)c2cccnc2)c2cc3sc(=O)oc3c3ccccc23)c1. The van der Waals surface area contributed by atoms with Gasteiger partial charge >= 0.3 is 4.94 Å². The van der Waals surface area contributed by atoms with Gasteiger partial charge in [-0.15, -0.1) is 0 Å². The number of hydrogen-bond acceptors (Lipinski definition) is 7. The Morgan fingerprint density at radius 2 is 1.78 bits per heavy atom. The summed E-state index contributed by atoms with van der Waals surface area (Å²) in [5.74, 6) is -0.743. The molecule has 0 atom stereocenters. The minimum Gasteiger partial charge on any atom is -0.413 e. The summed E-state index contributed by atoms with van der Waals surface area (Å²) >= 11 is 0.859. The molecule has 182 valence electrons. The fourth-order valence-corrected chi connectivity index (χ4v) is 6.75. The summed E-state index contributed by atoms with van der Waals surface area (Å²) in [6.07, 6.45) is 3.96. The third kappa shape index (κ3) is 4.00. The van der Waals surface area contributed by atoms with Crippen LogP contribution in [0.2, 0.25) is 0 Å². The highest BCUT2D eigenvalue weighted by atomic mass is 32.2. The molecule has 0 unspecified atom stereocenters. The lowest BCUT2D eigenvalue weighted by Crippen LogP contribution is -2.37. The molecule has 7 nitrogen and oxygen atoms in total. The first-order chi connectivity index (χ1) is 17.3. The number of hydrogen-bond donors (Lipinski definition) is 0. The second-order valence-electron chi connectivity index (χ2n) is 8.19. The zero-order valence-corrected chi connectivity index (χ0v) is 21.2. The van der Waals surface area contributed by atoms with Crippen molar-refractivity contribution in [3.05, 3.63) is 99.5 Å². The summed E-state index contributed by atoms with van der Waals surface area (Å²) in [6, 6.07) is 16.9. The minimum atomic E-state index is -4.38. The molecule has 0 saturated carbocycles. The van der Waals surface area contributed by atoms with Gasteiger partial charge in [-0.2, -0.15) is 4.31 Å². The fourth-order valence-electron chi connectivity index (χ4n) is 4.25. The van der Waals surface area contributed by atoms with Crippen LogP contribution in [0.1, 0.15) is 35.3 Å². The van der Waals surface area contributed by atoms with E-state index in [9.17, 15) is 18.0 Å². The summed E-state index contributed by atoms with van der Waals surface area (Å²) in [6.45, 7) is 3.82. The van der Waals surface area contributed by atoms with Crippen LogP contribution in [0.3, 0.4) is 0 Å². The number of amides is 1. The van der Waals surface area contributed by atoms with E-state index in [1.54, 1.807) is 42.5 Å². The first-order valence-electron chi connectivity index (χ1n) is 11.4. The number of anilines is 1. The van der Waals surface area contributed by atoms with Gasteiger partial charge in [0.05, 0.1) is 20.8 Å². The van der Waals surface area contributed by atoms with Crippen LogP contribution in [-0.2, 0) is 22.9 Å². The number of nitrogens with zero attached hydrogens (tertiary/aromatic N) is 2. The van der Waals surface area contributed by atoms with Crippen LogP contribution in [-0.4, -0.2) is 19.3 Å². The molecule has 0 bridgehead atoms. The van der Waals surface area contributed by atoms with Crippen molar-refractivity contribution < 1.29 is 17.6 Å². The van der Waals surface area contributed by atoms with Crippen LogP contribution in [0.4, 0.5) is 5.69 Å². The Kier molecular flexibility index (Phi) is 6.19. The zero-order valence-electron chi connectivity index (χ0n) is 19.6. The van der Waals surface area contributed by atoms with Crippen LogP contribution >= 0.6 is 11.3 Å². The second kappa shape index (κ2) is 9.33. The van der Waals surface area contributed by atoms with Crippen LogP contribution < -0.4 is 9.24 Å². The molecule has 0 spiro atoms. The van der Waals surface area contributed by atoms with Crippen LogP contribution in [0.5, 0.6) is 0 Å². The van der Waals surface area contributed by atoms with Crippen LogP contribution in [0.25, 0.3) is 21.1 Å². The molecule has 9 heteroatoms. The largest absolute Gasteiger partial charge is 0.413 e. The highest BCUT2D eigenvalue weighted by Crippen LogP contribution is 2.39. The molecule has 2 aromatic heterocycles. The van der Waals surface area contributed by atoms with Gasteiger partial charge in [-0.1, -0.05) is 61.6 Å². The summed E-state index contributed by atoms with van der Waals surface area (Å²) in [4.78, 5) is 29.6. The van der Waals surface area contributed by atoms with Crippen molar-refractivity contribution >= 4 is 54.0 Å². The molecule has 36 heavy (non-hydrogen) atoms. The van der Waals surface area contributed by atoms with E-state index in [1.165, 1.54) is 24.5 Å². The third-order valence-corrected chi connectivity index (χ3v) is 8.62. The molecule has 0 N–H and O–H groups in total. The number of pyridine rings is 1. The number of rotatable bonds is 6. The first kappa shape index (κ1) is 23.9. The average molecular weight is 519 g/mol. The smallest absolute Gasteiger partial charge is 0.396 e. The highest BCUT2D eigenvalue weighted by molar-refractivity contribution is 7.93. The molecule has 3 aromatic carbocycles. The Morgan fingerprint density at radius 3 is 2.47 bits per heavy atom. The molecule has 0 radical (unpaired) electrons. The number of benzene rings is 3. The topological polar surface area (TPSA) is 97.5 Å². The summed E-state index contributed by atoms with van der Waals surface area (Å²) in [5.41, 5.74) is 2.07. The lowest BCUT2D eigenvalue weighted by Gasteiger charge is -2.25. The van der Waals surface area contributed by atoms with Crippen molar-refractivity contribution in [3.63, 3.8) is 0 Å². The number of aromatic nitrogens is 1. The van der Waals surface area contributed by atoms with Crippen molar-refractivity contribution in [3.8, 4) is 0 Å². The fraction of sp³-hybridized carbons (Fsp3) is 0.148. The maximum absolute atomic E-state index is 14.4. The van der Waals surface area contributed by atoms with Crippen LogP contribution in [0, 0.1) is 0 Å². The zero-order chi connectivity index (χ0) is 25.4. The van der Waals surface area contributed by atoms with Gasteiger partial charge in [0.15, 0.2) is 5.58 Å². The van der Waals surface area contributed by atoms with E-state index >= 15 is 0 Å². The molecule has 1 amide bonds. The standard InChI is InChI=1S/C27H22N2O5S2/c1-3-17-11-12-18(4-2)24(14-17)36(32,33)29(26(30)19-8-7-13-28-16-19)22-15-23-25(34-27(31)35-23)21-10-6-5-9-20(21)22/h5-16H,3-4H2,1-2H3. The van der Waals surface area contributed by atoms with Gasteiger partial charge in [-0.25, -0.2) is 13.2 Å². The van der Waals surface area contributed by atoms with E-state index in [4.69, 9.17) is 4.42 Å². The molecular formula is C27H22N2O5S2. The molecule has 0 saturated heterocycles. The summed E-state index contributed by atoms with van der Waals surface area (Å²) in [5, 5.41) is 1.01. The van der Waals surface area contributed by atoms with Gasteiger partial charge < -0.3 is 4.42 Å². The normalized spacial score (nSPS) is 11.7. The summed E-state index contributed by atoms with van der Waals surface area (Å²) in [7, 11) is -4.38. The lowest BCUT2D eigenvalue weighted by atomic mass is 10.1. The Labute approximate surface area is 211 Å². The molecule has 0 aliphatic rings. The Morgan fingerprint density at radius 1 is 1.00 bits per heavy atom. The van der Waals surface area contributed by atoms with Crippen LogP contribution in [0.15, 0.2) is 87.2 Å². The van der Waals surface area contributed by atoms with E-state index in [-0.39, 0.29) is 16.1 Å². The van der Waals surface area contributed by atoms with Crippen molar-refractivity contribution in [1.29, 1.82) is 0 Å². The highest BCUT2D eigenvalue weighted by Gasteiger charge is 2.35. The van der Waals surface area contributed by atoms with Gasteiger partial charge in [-0.3, -0.25) is 9.78 Å². The van der Waals surface area contributed by atoms with E-state index in [1.807, 2.05) is 19.9 Å². The Balaban J connectivity index is 1.87. The quantitative estimate of drug-likeness (QED) is 0.292. The maximum Gasteiger partial charge on any atom is 0.396 e. The number of carbonyl (C=O) groups excluding carboxylic acids is 1. The Bertz CT molecular complexity index is 1770.